The number of nitrogens with two attached hydrogens (primary N) is 1. The van der Waals surface area contributed by atoms with Gasteiger partial charge in [0.05, 0.1) is 18.5 Å². The third-order valence-electron chi connectivity index (χ3n) is 2.68. The van der Waals surface area contributed by atoms with Crippen molar-refractivity contribution in [3.8, 4) is 0 Å². The Labute approximate surface area is 117 Å². The molecular weight excluding hydrogens is 262 g/mol. The van der Waals surface area contributed by atoms with Crippen LogP contribution in [-0.2, 0) is 16.1 Å². The molecule has 1 amide bonds. The van der Waals surface area contributed by atoms with E-state index in [1.54, 1.807) is 13.3 Å². The summed E-state index contributed by atoms with van der Waals surface area (Å²) >= 11 is 0. The summed E-state index contributed by atoms with van der Waals surface area (Å²) in [6, 6.07) is 1.44. The number of methoxy groups -OCH3 is 1. The predicted octanol–water partition coefficient (Wildman–Crippen LogP) is -1.60. The second kappa shape index (κ2) is 8.28. The second-order valence-corrected chi connectivity index (χ2v) is 4.26. The molecular formula is C12H21N5O3. The van der Waals surface area contributed by atoms with Crippen LogP contribution in [0.2, 0.25) is 0 Å². The van der Waals surface area contributed by atoms with E-state index in [0.29, 0.717) is 31.9 Å². The molecule has 3 N–H and O–H groups in total. The summed E-state index contributed by atoms with van der Waals surface area (Å²) in [6.45, 7) is 1.84. The van der Waals surface area contributed by atoms with E-state index in [0.717, 1.165) is 4.68 Å². The van der Waals surface area contributed by atoms with Crippen LogP contribution in [0.3, 0.4) is 0 Å². The van der Waals surface area contributed by atoms with Crippen LogP contribution in [0.5, 0.6) is 0 Å². The van der Waals surface area contributed by atoms with Crippen molar-refractivity contribution in [1.29, 1.82) is 0 Å². The molecule has 0 aliphatic heterocycles. The largest absolute Gasteiger partial charge is 0.383 e. The van der Waals surface area contributed by atoms with E-state index in [9.17, 15) is 9.59 Å². The van der Waals surface area contributed by atoms with Crippen molar-refractivity contribution in [1.82, 2.24) is 15.1 Å². The highest BCUT2D eigenvalue weighted by Crippen LogP contribution is 2.05. The molecule has 0 fully saturated rings. The number of anilines is 1. The minimum absolute atomic E-state index is 0.108. The van der Waals surface area contributed by atoms with Crippen molar-refractivity contribution < 1.29 is 9.53 Å². The van der Waals surface area contributed by atoms with E-state index in [-0.39, 0.29) is 18.0 Å². The van der Waals surface area contributed by atoms with Crippen LogP contribution < -0.4 is 21.5 Å². The third kappa shape index (κ3) is 4.98. The van der Waals surface area contributed by atoms with Gasteiger partial charge in [-0.15, -0.1) is 0 Å². The molecule has 0 spiro atoms. The number of amides is 1. The molecule has 112 valence electrons. The summed E-state index contributed by atoms with van der Waals surface area (Å²) in [7, 11) is 3.37. The maximum atomic E-state index is 11.9. The summed E-state index contributed by atoms with van der Waals surface area (Å²) in [4.78, 5) is 25.3. The van der Waals surface area contributed by atoms with E-state index < -0.39 is 0 Å². The van der Waals surface area contributed by atoms with Crippen LogP contribution in [0.4, 0.5) is 5.69 Å². The highest BCUT2D eigenvalue weighted by Gasteiger charge is 2.07. The van der Waals surface area contributed by atoms with Crippen LogP contribution in [0, 0.1) is 0 Å². The number of rotatable bonds is 8. The van der Waals surface area contributed by atoms with Gasteiger partial charge in [0.25, 0.3) is 5.56 Å². The average molecular weight is 283 g/mol. The van der Waals surface area contributed by atoms with Crippen LogP contribution in [-0.4, -0.2) is 56.1 Å². The molecule has 0 saturated carbocycles. The quantitative estimate of drug-likeness (QED) is 0.557. The zero-order chi connectivity index (χ0) is 15.0. The molecule has 8 nitrogen and oxygen atoms in total. The zero-order valence-electron chi connectivity index (χ0n) is 11.8. The van der Waals surface area contributed by atoms with Gasteiger partial charge in [-0.1, -0.05) is 0 Å². The van der Waals surface area contributed by atoms with E-state index in [1.165, 1.54) is 6.07 Å². The predicted molar refractivity (Wildman–Crippen MR) is 75.7 cm³/mol. The number of likely N-dealkylation sites (N-methyl/N-ethyl adjacent to an activating group) is 1. The Hall–Kier alpha value is -1.93. The van der Waals surface area contributed by atoms with Gasteiger partial charge in [-0.05, 0) is 0 Å². The number of carbonyl (C=O) groups is 1. The number of hydrogen-bond donors (Lipinski definition) is 2. The van der Waals surface area contributed by atoms with Gasteiger partial charge < -0.3 is 20.7 Å². The summed E-state index contributed by atoms with van der Waals surface area (Å²) < 4.78 is 5.93. The molecule has 0 unspecified atom stereocenters. The lowest BCUT2D eigenvalue weighted by atomic mass is 10.4. The number of nitrogens with zero attached hydrogens (tertiary/aromatic N) is 3. The maximum Gasteiger partial charge on any atom is 0.269 e. The summed E-state index contributed by atoms with van der Waals surface area (Å²) in [5.74, 6) is -0.278. The standard InChI is InChI=1S/C12H21N5O3/c1-16(5-3-13)10-7-12(19)17(15-8-10)9-11(18)14-4-6-20-2/h7-8H,3-6,9,13H2,1-2H3,(H,14,18). The molecule has 20 heavy (non-hydrogen) atoms. The van der Waals surface area contributed by atoms with Crippen LogP contribution in [0.25, 0.3) is 0 Å². The van der Waals surface area contributed by atoms with Crippen molar-refractivity contribution in [2.24, 2.45) is 5.73 Å². The first-order valence-electron chi connectivity index (χ1n) is 6.32. The Bertz CT molecular complexity index is 488. The summed E-state index contributed by atoms with van der Waals surface area (Å²) in [5, 5.41) is 6.61. The highest BCUT2D eigenvalue weighted by molar-refractivity contribution is 5.75. The Balaban J connectivity index is 2.64. The van der Waals surface area contributed by atoms with Crippen molar-refractivity contribution in [3.05, 3.63) is 22.6 Å². The Kier molecular flexibility index (Phi) is 6.68. The fourth-order valence-corrected chi connectivity index (χ4v) is 1.56. The monoisotopic (exact) mass is 283 g/mol. The summed E-state index contributed by atoms with van der Waals surface area (Å²) in [5.41, 5.74) is 5.80. The highest BCUT2D eigenvalue weighted by atomic mass is 16.5. The molecule has 1 rings (SSSR count). The minimum Gasteiger partial charge on any atom is -0.383 e. The molecule has 0 saturated heterocycles. The molecule has 0 aliphatic rings. The average Bonchev–Trinajstić information content (AvgIpc) is 2.41. The van der Waals surface area contributed by atoms with E-state index in [4.69, 9.17) is 10.5 Å². The topological polar surface area (TPSA) is 102 Å². The smallest absolute Gasteiger partial charge is 0.269 e. The van der Waals surface area contributed by atoms with Crippen LogP contribution >= 0.6 is 0 Å². The van der Waals surface area contributed by atoms with E-state index in [2.05, 4.69) is 10.4 Å². The Morgan fingerprint density at radius 1 is 1.60 bits per heavy atom. The Morgan fingerprint density at radius 3 is 2.95 bits per heavy atom. The van der Waals surface area contributed by atoms with E-state index >= 15 is 0 Å². The molecule has 0 atom stereocenters. The van der Waals surface area contributed by atoms with Crippen molar-refractivity contribution in [2.45, 2.75) is 6.54 Å². The lowest BCUT2D eigenvalue weighted by molar-refractivity contribution is -0.122. The van der Waals surface area contributed by atoms with Crippen molar-refractivity contribution in [2.75, 3.05) is 45.3 Å². The van der Waals surface area contributed by atoms with Gasteiger partial charge in [0.2, 0.25) is 5.91 Å². The molecule has 1 aromatic heterocycles. The lowest BCUT2D eigenvalue weighted by Gasteiger charge is -2.17. The fraction of sp³-hybridized carbons (Fsp3) is 0.583. The van der Waals surface area contributed by atoms with Gasteiger partial charge in [0.1, 0.15) is 6.54 Å². The van der Waals surface area contributed by atoms with Gasteiger partial charge in [-0.2, -0.15) is 5.10 Å². The molecule has 8 heteroatoms. The van der Waals surface area contributed by atoms with Crippen LogP contribution in [0.1, 0.15) is 0 Å². The number of ether oxygens (including phenoxy) is 1. The number of aromatic nitrogens is 2. The molecule has 0 aromatic carbocycles. The summed E-state index contributed by atoms with van der Waals surface area (Å²) in [6.07, 6.45) is 1.54. The molecule has 1 aromatic rings. The first-order chi connectivity index (χ1) is 9.58. The molecule has 1 heterocycles. The second-order valence-electron chi connectivity index (χ2n) is 4.26. The molecule has 0 aliphatic carbocycles. The zero-order valence-corrected chi connectivity index (χ0v) is 11.8. The first kappa shape index (κ1) is 16.1. The number of carbonyl (C=O) groups excluding carboxylic acids is 1. The van der Waals surface area contributed by atoms with Crippen LogP contribution in [0.15, 0.2) is 17.1 Å². The molecule has 0 radical (unpaired) electrons. The maximum absolute atomic E-state index is 11.9. The van der Waals surface area contributed by atoms with Crippen molar-refractivity contribution in [3.63, 3.8) is 0 Å². The Morgan fingerprint density at radius 2 is 2.35 bits per heavy atom. The molecule has 0 bridgehead atoms. The normalized spacial score (nSPS) is 10.3. The SMILES string of the molecule is COCCNC(=O)Cn1ncc(N(C)CCN)cc1=O. The number of nitrogens with one attached hydrogen (secondary N) is 1. The van der Waals surface area contributed by atoms with Gasteiger partial charge in [0.15, 0.2) is 0 Å². The van der Waals surface area contributed by atoms with Gasteiger partial charge in [-0.25, -0.2) is 4.68 Å². The first-order valence-corrected chi connectivity index (χ1v) is 6.32. The van der Waals surface area contributed by atoms with E-state index in [1.807, 2.05) is 11.9 Å². The minimum atomic E-state index is -0.326. The van der Waals surface area contributed by atoms with Gasteiger partial charge in [0, 0.05) is 39.9 Å². The third-order valence-corrected chi connectivity index (χ3v) is 2.68. The van der Waals surface area contributed by atoms with Gasteiger partial charge >= 0.3 is 0 Å². The number of hydrogen-bond acceptors (Lipinski definition) is 6. The van der Waals surface area contributed by atoms with Gasteiger partial charge in [-0.3, -0.25) is 9.59 Å². The van der Waals surface area contributed by atoms with Crippen molar-refractivity contribution >= 4 is 11.6 Å². The fourth-order valence-electron chi connectivity index (χ4n) is 1.56. The lowest BCUT2D eigenvalue weighted by Crippen LogP contribution is -2.35.